The second-order valence-electron chi connectivity index (χ2n) is 6.05. The van der Waals surface area contributed by atoms with E-state index in [1.165, 1.54) is 12.8 Å². The first-order valence-corrected chi connectivity index (χ1v) is 8.16. The Kier molecular flexibility index (Phi) is 5.95. The van der Waals surface area contributed by atoms with Gasteiger partial charge in [0, 0.05) is 26.2 Å². The minimum absolute atomic E-state index is 0. The fourth-order valence-electron chi connectivity index (χ4n) is 3.40. The molecule has 2 aliphatic heterocycles. The minimum atomic E-state index is -0.0775. The summed E-state index contributed by atoms with van der Waals surface area (Å²) in [6.07, 6.45) is 4.82. The van der Waals surface area contributed by atoms with Crippen molar-refractivity contribution in [3.8, 4) is 0 Å². The highest BCUT2D eigenvalue weighted by atomic mass is 35.5. The molecule has 0 saturated carbocycles. The van der Waals surface area contributed by atoms with Crippen molar-refractivity contribution in [1.82, 2.24) is 4.90 Å². The summed E-state index contributed by atoms with van der Waals surface area (Å²) in [6.45, 7) is 5.69. The summed E-state index contributed by atoms with van der Waals surface area (Å²) >= 11 is 0. The van der Waals surface area contributed by atoms with Crippen LogP contribution >= 0.6 is 12.4 Å². The number of likely N-dealkylation sites (tertiary alicyclic amines) is 1. The van der Waals surface area contributed by atoms with Crippen LogP contribution in [0.3, 0.4) is 0 Å². The zero-order valence-electron chi connectivity index (χ0n) is 13.3. The molecular formula is C17H26ClN3O. The number of hydrogen-bond donors (Lipinski definition) is 1. The number of amides is 1. The van der Waals surface area contributed by atoms with Gasteiger partial charge in [0.1, 0.15) is 6.04 Å². The largest absolute Gasteiger partial charge is 0.382 e. The molecule has 1 amide bonds. The lowest BCUT2D eigenvalue weighted by molar-refractivity contribution is -0.132. The second kappa shape index (κ2) is 7.73. The van der Waals surface area contributed by atoms with E-state index in [9.17, 15) is 4.79 Å². The van der Waals surface area contributed by atoms with E-state index in [4.69, 9.17) is 0 Å². The van der Waals surface area contributed by atoms with Gasteiger partial charge >= 0.3 is 0 Å². The quantitative estimate of drug-likeness (QED) is 0.908. The SMILES string of the molecule is CC(C(=O)N1CCCCCC1)N1CCNc2ccccc21.Cl. The molecule has 2 aliphatic rings. The molecule has 1 atom stereocenters. The number of hydrogen-bond acceptors (Lipinski definition) is 3. The number of carbonyl (C=O) groups excluding carboxylic acids is 1. The molecular weight excluding hydrogens is 298 g/mol. The van der Waals surface area contributed by atoms with Crippen LogP contribution in [0.25, 0.3) is 0 Å². The van der Waals surface area contributed by atoms with Gasteiger partial charge in [-0.3, -0.25) is 4.79 Å². The van der Waals surface area contributed by atoms with Crippen molar-refractivity contribution in [2.24, 2.45) is 0 Å². The van der Waals surface area contributed by atoms with Crippen molar-refractivity contribution in [3.63, 3.8) is 0 Å². The number of rotatable bonds is 2. The van der Waals surface area contributed by atoms with Crippen LogP contribution in [0.2, 0.25) is 0 Å². The summed E-state index contributed by atoms with van der Waals surface area (Å²) in [7, 11) is 0. The molecule has 1 N–H and O–H groups in total. The Morgan fingerprint density at radius 2 is 1.77 bits per heavy atom. The Morgan fingerprint density at radius 1 is 1.09 bits per heavy atom. The van der Waals surface area contributed by atoms with Crippen molar-refractivity contribution in [2.45, 2.75) is 38.6 Å². The van der Waals surface area contributed by atoms with E-state index in [0.717, 1.165) is 50.4 Å². The number of halogens is 1. The fourth-order valence-corrected chi connectivity index (χ4v) is 3.40. The molecule has 1 saturated heterocycles. The second-order valence-corrected chi connectivity index (χ2v) is 6.05. The Balaban J connectivity index is 0.00000176. The van der Waals surface area contributed by atoms with E-state index in [1.54, 1.807) is 0 Å². The van der Waals surface area contributed by atoms with E-state index in [0.29, 0.717) is 0 Å². The van der Waals surface area contributed by atoms with Crippen molar-refractivity contribution in [3.05, 3.63) is 24.3 Å². The molecule has 22 heavy (non-hydrogen) atoms. The summed E-state index contributed by atoms with van der Waals surface area (Å²) in [5.41, 5.74) is 2.29. The van der Waals surface area contributed by atoms with Gasteiger partial charge in [0.15, 0.2) is 0 Å². The molecule has 0 aliphatic carbocycles. The van der Waals surface area contributed by atoms with Crippen molar-refractivity contribution in [1.29, 1.82) is 0 Å². The van der Waals surface area contributed by atoms with Crippen molar-refractivity contribution < 1.29 is 4.79 Å². The lowest BCUT2D eigenvalue weighted by atomic mass is 10.1. The number of carbonyl (C=O) groups is 1. The smallest absolute Gasteiger partial charge is 0.244 e. The molecule has 0 spiro atoms. The molecule has 122 valence electrons. The Bertz CT molecular complexity index is 500. The van der Waals surface area contributed by atoms with Crippen LogP contribution in [0.4, 0.5) is 11.4 Å². The Labute approximate surface area is 139 Å². The highest BCUT2D eigenvalue weighted by Gasteiger charge is 2.29. The molecule has 1 unspecified atom stereocenters. The predicted octanol–water partition coefficient (Wildman–Crippen LogP) is 3.13. The molecule has 5 heteroatoms. The highest BCUT2D eigenvalue weighted by molar-refractivity contribution is 5.87. The van der Waals surface area contributed by atoms with Crippen LogP contribution in [-0.4, -0.2) is 43.0 Å². The lowest BCUT2D eigenvalue weighted by Crippen LogP contribution is -2.50. The molecule has 1 fully saturated rings. The average Bonchev–Trinajstić information content (AvgIpc) is 2.82. The lowest BCUT2D eigenvalue weighted by Gasteiger charge is -2.38. The summed E-state index contributed by atoms with van der Waals surface area (Å²) in [5, 5.41) is 3.41. The van der Waals surface area contributed by atoms with Crippen LogP contribution in [0.15, 0.2) is 24.3 Å². The summed E-state index contributed by atoms with van der Waals surface area (Å²) < 4.78 is 0. The molecule has 3 rings (SSSR count). The molecule has 4 nitrogen and oxygen atoms in total. The number of para-hydroxylation sites is 2. The molecule has 1 aromatic carbocycles. The third-order valence-electron chi connectivity index (χ3n) is 4.62. The third-order valence-corrected chi connectivity index (χ3v) is 4.62. The zero-order chi connectivity index (χ0) is 14.7. The van der Waals surface area contributed by atoms with E-state index < -0.39 is 0 Å². The van der Waals surface area contributed by atoms with Gasteiger partial charge in [-0.25, -0.2) is 0 Å². The highest BCUT2D eigenvalue weighted by Crippen LogP contribution is 2.30. The number of benzene rings is 1. The van der Waals surface area contributed by atoms with Crippen LogP contribution in [0.5, 0.6) is 0 Å². The first-order chi connectivity index (χ1) is 10.3. The first kappa shape index (κ1) is 16.9. The molecule has 2 heterocycles. The molecule has 0 bridgehead atoms. The van der Waals surface area contributed by atoms with E-state index in [2.05, 4.69) is 34.2 Å². The summed E-state index contributed by atoms with van der Waals surface area (Å²) in [4.78, 5) is 17.1. The van der Waals surface area contributed by atoms with Crippen LogP contribution in [0.1, 0.15) is 32.6 Å². The van der Waals surface area contributed by atoms with E-state index >= 15 is 0 Å². The van der Waals surface area contributed by atoms with Crippen molar-refractivity contribution in [2.75, 3.05) is 36.4 Å². The maximum Gasteiger partial charge on any atom is 0.244 e. The normalized spacial score (nSPS) is 19.3. The van der Waals surface area contributed by atoms with Crippen LogP contribution < -0.4 is 10.2 Å². The number of nitrogens with one attached hydrogen (secondary N) is 1. The molecule has 1 aromatic rings. The maximum atomic E-state index is 12.8. The number of anilines is 2. The number of fused-ring (bicyclic) bond motifs is 1. The zero-order valence-corrected chi connectivity index (χ0v) is 14.1. The van der Waals surface area contributed by atoms with Gasteiger partial charge in [0.2, 0.25) is 5.91 Å². The van der Waals surface area contributed by atoms with Gasteiger partial charge in [-0.15, -0.1) is 12.4 Å². The summed E-state index contributed by atoms with van der Waals surface area (Å²) in [5.74, 6) is 0.286. The fraction of sp³-hybridized carbons (Fsp3) is 0.588. The number of nitrogens with zero attached hydrogens (tertiary/aromatic N) is 2. The third kappa shape index (κ3) is 3.49. The van der Waals surface area contributed by atoms with Crippen LogP contribution in [-0.2, 0) is 4.79 Å². The van der Waals surface area contributed by atoms with Gasteiger partial charge < -0.3 is 15.1 Å². The van der Waals surface area contributed by atoms with Crippen molar-refractivity contribution >= 4 is 29.7 Å². The molecule has 0 aromatic heterocycles. The predicted molar refractivity (Wildman–Crippen MR) is 94.0 cm³/mol. The minimum Gasteiger partial charge on any atom is -0.382 e. The Morgan fingerprint density at radius 3 is 2.50 bits per heavy atom. The van der Waals surface area contributed by atoms with Crippen LogP contribution in [0, 0.1) is 0 Å². The van der Waals surface area contributed by atoms with Gasteiger partial charge in [-0.1, -0.05) is 25.0 Å². The van der Waals surface area contributed by atoms with E-state index in [1.807, 2.05) is 12.1 Å². The van der Waals surface area contributed by atoms with Gasteiger partial charge in [0.05, 0.1) is 11.4 Å². The topological polar surface area (TPSA) is 35.6 Å². The maximum absolute atomic E-state index is 12.8. The monoisotopic (exact) mass is 323 g/mol. The molecule has 0 radical (unpaired) electrons. The Hall–Kier alpha value is -1.42. The van der Waals surface area contributed by atoms with Gasteiger partial charge in [-0.2, -0.15) is 0 Å². The first-order valence-electron chi connectivity index (χ1n) is 8.16. The van der Waals surface area contributed by atoms with Gasteiger partial charge in [0.25, 0.3) is 0 Å². The van der Waals surface area contributed by atoms with E-state index in [-0.39, 0.29) is 24.4 Å². The average molecular weight is 324 g/mol. The summed E-state index contributed by atoms with van der Waals surface area (Å²) in [6, 6.07) is 8.20. The standard InChI is InChI=1S/C17H25N3O.ClH/c1-14(17(21)19-11-6-2-3-7-12-19)20-13-10-18-15-8-4-5-9-16(15)20;/h4-5,8-9,14,18H,2-3,6-7,10-13H2,1H3;1H. The van der Waals surface area contributed by atoms with Gasteiger partial charge in [-0.05, 0) is 31.9 Å².